The van der Waals surface area contributed by atoms with Gasteiger partial charge in [0.1, 0.15) is 18.6 Å². The van der Waals surface area contributed by atoms with E-state index >= 15 is 0 Å². The lowest BCUT2D eigenvalue weighted by molar-refractivity contribution is 0.183. The SMILES string of the molecule is NC(O)Cc1ccc(OCc2ccccc2)cc1. The summed E-state index contributed by atoms with van der Waals surface area (Å²) in [7, 11) is 0. The van der Waals surface area contributed by atoms with E-state index in [9.17, 15) is 0 Å². The van der Waals surface area contributed by atoms with Crippen LogP contribution < -0.4 is 10.5 Å². The van der Waals surface area contributed by atoms with Gasteiger partial charge in [-0.3, -0.25) is 0 Å². The number of rotatable bonds is 5. The highest BCUT2D eigenvalue weighted by Crippen LogP contribution is 2.14. The second-order valence-electron chi connectivity index (χ2n) is 4.19. The number of aliphatic hydroxyl groups is 1. The van der Waals surface area contributed by atoms with E-state index in [0.29, 0.717) is 13.0 Å². The van der Waals surface area contributed by atoms with Crippen LogP contribution in [0.4, 0.5) is 0 Å². The Kier molecular flexibility index (Phi) is 4.34. The number of benzene rings is 2. The van der Waals surface area contributed by atoms with Crippen molar-refractivity contribution < 1.29 is 9.84 Å². The summed E-state index contributed by atoms with van der Waals surface area (Å²) in [6.45, 7) is 0.555. The summed E-state index contributed by atoms with van der Waals surface area (Å²) in [4.78, 5) is 0. The second kappa shape index (κ2) is 6.19. The summed E-state index contributed by atoms with van der Waals surface area (Å²) >= 11 is 0. The molecule has 18 heavy (non-hydrogen) atoms. The zero-order valence-corrected chi connectivity index (χ0v) is 10.1. The van der Waals surface area contributed by atoms with Gasteiger partial charge in [-0.2, -0.15) is 0 Å². The van der Waals surface area contributed by atoms with Crippen LogP contribution in [0.25, 0.3) is 0 Å². The molecular weight excluding hydrogens is 226 g/mol. The molecule has 0 aliphatic rings. The van der Waals surface area contributed by atoms with E-state index in [-0.39, 0.29) is 0 Å². The predicted molar refractivity (Wildman–Crippen MR) is 71.1 cm³/mol. The van der Waals surface area contributed by atoms with Gasteiger partial charge in [0.15, 0.2) is 0 Å². The molecule has 0 spiro atoms. The minimum absolute atomic E-state index is 0.457. The van der Waals surface area contributed by atoms with Crippen molar-refractivity contribution in [2.45, 2.75) is 19.3 Å². The maximum atomic E-state index is 9.07. The van der Waals surface area contributed by atoms with Crippen LogP contribution in [0.3, 0.4) is 0 Å². The molecule has 3 heteroatoms. The van der Waals surface area contributed by atoms with Gasteiger partial charge in [0.05, 0.1) is 0 Å². The Morgan fingerprint density at radius 1 is 0.944 bits per heavy atom. The summed E-state index contributed by atoms with van der Waals surface area (Å²) < 4.78 is 5.66. The maximum Gasteiger partial charge on any atom is 0.119 e. The molecule has 2 rings (SSSR count). The Hall–Kier alpha value is -1.84. The third-order valence-corrected chi connectivity index (χ3v) is 2.62. The van der Waals surface area contributed by atoms with Crippen molar-refractivity contribution >= 4 is 0 Å². The van der Waals surface area contributed by atoms with E-state index in [2.05, 4.69) is 0 Å². The van der Waals surface area contributed by atoms with Gasteiger partial charge in [0.2, 0.25) is 0 Å². The van der Waals surface area contributed by atoms with Crippen LogP contribution in [-0.4, -0.2) is 11.3 Å². The fourth-order valence-electron chi connectivity index (χ4n) is 1.70. The number of nitrogens with two attached hydrogens (primary N) is 1. The normalized spacial score (nSPS) is 12.1. The minimum atomic E-state index is -0.805. The summed E-state index contributed by atoms with van der Waals surface area (Å²) in [5.74, 6) is 0.814. The topological polar surface area (TPSA) is 55.5 Å². The fraction of sp³-hybridized carbons (Fsp3) is 0.200. The van der Waals surface area contributed by atoms with E-state index in [4.69, 9.17) is 15.6 Å². The van der Waals surface area contributed by atoms with Gasteiger partial charge in [0, 0.05) is 6.42 Å². The molecule has 1 unspecified atom stereocenters. The molecule has 0 saturated heterocycles. The average Bonchev–Trinajstić information content (AvgIpc) is 2.38. The zero-order valence-electron chi connectivity index (χ0n) is 10.1. The van der Waals surface area contributed by atoms with Crippen molar-refractivity contribution in [3.05, 3.63) is 65.7 Å². The lowest BCUT2D eigenvalue weighted by Gasteiger charge is -2.08. The molecule has 0 amide bonds. The molecule has 0 aliphatic carbocycles. The molecule has 0 heterocycles. The lowest BCUT2D eigenvalue weighted by atomic mass is 10.1. The fourth-order valence-corrected chi connectivity index (χ4v) is 1.70. The number of aliphatic hydroxyl groups excluding tert-OH is 1. The van der Waals surface area contributed by atoms with E-state index in [1.807, 2.05) is 54.6 Å². The summed E-state index contributed by atoms with van der Waals surface area (Å²) in [5.41, 5.74) is 7.46. The molecule has 0 bridgehead atoms. The summed E-state index contributed by atoms with van der Waals surface area (Å²) in [5, 5.41) is 9.07. The first kappa shape index (κ1) is 12.6. The predicted octanol–water partition coefficient (Wildman–Crippen LogP) is 2.09. The molecular formula is C15H17NO2. The molecule has 94 valence electrons. The largest absolute Gasteiger partial charge is 0.489 e. The third kappa shape index (κ3) is 3.87. The molecule has 3 nitrogen and oxygen atoms in total. The molecule has 2 aromatic rings. The van der Waals surface area contributed by atoms with E-state index in [0.717, 1.165) is 16.9 Å². The van der Waals surface area contributed by atoms with Crippen molar-refractivity contribution in [3.8, 4) is 5.75 Å². The van der Waals surface area contributed by atoms with Crippen molar-refractivity contribution in [2.24, 2.45) is 5.73 Å². The first-order valence-electron chi connectivity index (χ1n) is 5.93. The molecule has 2 aromatic carbocycles. The van der Waals surface area contributed by atoms with Gasteiger partial charge in [0.25, 0.3) is 0 Å². The number of hydrogen-bond donors (Lipinski definition) is 2. The number of hydrogen-bond acceptors (Lipinski definition) is 3. The van der Waals surface area contributed by atoms with Crippen molar-refractivity contribution in [1.82, 2.24) is 0 Å². The number of ether oxygens (including phenoxy) is 1. The monoisotopic (exact) mass is 243 g/mol. The molecule has 0 aliphatic heterocycles. The Balaban J connectivity index is 1.90. The highest BCUT2D eigenvalue weighted by atomic mass is 16.5. The highest BCUT2D eigenvalue weighted by Gasteiger charge is 2.00. The Bertz CT molecular complexity index is 466. The molecule has 0 aromatic heterocycles. The van der Waals surface area contributed by atoms with Crippen LogP contribution in [-0.2, 0) is 13.0 Å². The molecule has 0 fully saturated rings. The van der Waals surface area contributed by atoms with Crippen LogP contribution in [0.15, 0.2) is 54.6 Å². The molecule has 0 radical (unpaired) electrons. The van der Waals surface area contributed by atoms with Crippen LogP contribution >= 0.6 is 0 Å². The third-order valence-electron chi connectivity index (χ3n) is 2.62. The molecule has 3 N–H and O–H groups in total. The summed E-state index contributed by atoms with van der Waals surface area (Å²) in [6, 6.07) is 17.6. The Labute approximate surface area is 107 Å². The van der Waals surface area contributed by atoms with Crippen LogP contribution in [0.5, 0.6) is 5.75 Å². The van der Waals surface area contributed by atoms with E-state index in [1.165, 1.54) is 0 Å². The van der Waals surface area contributed by atoms with Gasteiger partial charge in [-0.25, -0.2) is 0 Å². The molecule has 0 saturated carbocycles. The van der Waals surface area contributed by atoms with E-state index in [1.54, 1.807) is 0 Å². The standard InChI is InChI=1S/C15H17NO2/c16-15(17)10-12-6-8-14(9-7-12)18-11-13-4-2-1-3-5-13/h1-9,15,17H,10-11,16H2. The van der Waals surface area contributed by atoms with Crippen molar-refractivity contribution in [3.63, 3.8) is 0 Å². The highest BCUT2D eigenvalue weighted by molar-refractivity contribution is 5.28. The average molecular weight is 243 g/mol. The smallest absolute Gasteiger partial charge is 0.119 e. The summed E-state index contributed by atoms with van der Waals surface area (Å²) in [6.07, 6.45) is -0.347. The van der Waals surface area contributed by atoms with Crippen LogP contribution in [0.2, 0.25) is 0 Å². The van der Waals surface area contributed by atoms with Gasteiger partial charge in [-0.1, -0.05) is 42.5 Å². The first-order valence-corrected chi connectivity index (χ1v) is 5.93. The zero-order chi connectivity index (χ0) is 12.8. The van der Waals surface area contributed by atoms with Gasteiger partial charge < -0.3 is 15.6 Å². The minimum Gasteiger partial charge on any atom is -0.489 e. The Morgan fingerprint density at radius 2 is 1.61 bits per heavy atom. The van der Waals surface area contributed by atoms with Gasteiger partial charge in [-0.15, -0.1) is 0 Å². The van der Waals surface area contributed by atoms with Gasteiger partial charge in [-0.05, 0) is 23.3 Å². The molecule has 1 atom stereocenters. The van der Waals surface area contributed by atoms with Gasteiger partial charge >= 0.3 is 0 Å². The quantitative estimate of drug-likeness (QED) is 0.791. The maximum absolute atomic E-state index is 9.07. The van der Waals surface area contributed by atoms with Crippen molar-refractivity contribution in [1.29, 1.82) is 0 Å². The van der Waals surface area contributed by atoms with E-state index < -0.39 is 6.23 Å². The van der Waals surface area contributed by atoms with Crippen molar-refractivity contribution in [2.75, 3.05) is 0 Å². The first-order chi connectivity index (χ1) is 8.74. The second-order valence-corrected chi connectivity index (χ2v) is 4.19. The van der Waals surface area contributed by atoms with Crippen LogP contribution in [0.1, 0.15) is 11.1 Å². The Morgan fingerprint density at radius 3 is 2.22 bits per heavy atom. The lowest BCUT2D eigenvalue weighted by Crippen LogP contribution is -2.21. The van der Waals surface area contributed by atoms with Crippen LogP contribution in [0, 0.1) is 0 Å².